The number of aliphatic hydroxyl groups is 1. The first kappa shape index (κ1) is 55.9. The van der Waals surface area contributed by atoms with Gasteiger partial charge >= 0.3 is 19.8 Å². The number of carbonyl (C=O) groups is 2. The van der Waals surface area contributed by atoms with E-state index >= 15 is 0 Å². The summed E-state index contributed by atoms with van der Waals surface area (Å²) in [5.74, 6) is -0.945. The van der Waals surface area contributed by atoms with E-state index in [0.717, 1.165) is 57.8 Å². The van der Waals surface area contributed by atoms with Crippen molar-refractivity contribution >= 4 is 19.8 Å². The van der Waals surface area contributed by atoms with Crippen molar-refractivity contribution < 1.29 is 47.2 Å². The van der Waals surface area contributed by atoms with Crippen LogP contribution in [-0.2, 0) is 32.7 Å². The van der Waals surface area contributed by atoms with Crippen molar-refractivity contribution in [2.45, 2.75) is 148 Å². The Balaban J connectivity index is 4.58. The number of carbonyl (C=O) groups excluding carboxylic acids is 2. The number of phosphoric acid groups is 1. The summed E-state index contributed by atoms with van der Waals surface area (Å²) >= 11 is 0. The highest BCUT2D eigenvalue weighted by molar-refractivity contribution is 7.47. The molecule has 0 heterocycles. The van der Waals surface area contributed by atoms with Crippen LogP contribution in [0.1, 0.15) is 136 Å². The first-order valence-corrected chi connectivity index (χ1v) is 23.6. The van der Waals surface area contributed by atoms with Gasteiger partial charge in [-0.2, -0.15) is 0 Å². The Kier molecular flexibility index (Phi) is 37.0. The third kappa shape index (κ3) is 42.8. The SMILES string of the molecule is CC/C=C\C/C=C\C/C=C\C/C=C\CCCCCCC(=O)OC[C@H](COP(=O)(O)OCC[N+](C)(C)C)OC(=O)CCC/C=C/C/C=C\C[C@@H](O)/C=C\C=C/CCCCC. The summed E-state index contributed by atoms with van der Waals surface area (Å²) in [5, 5.41) is 10.1. The van der Waals surface area contributed by atoms with Gasteiger partial charge in [-0.1, -0.05) is 137 Å². The van der Waals surface area contributed by atoms with E-state index in [2.05, 4.69) is 68.5 Å². The van der Waals surface area contributed by atoms with Gasteiger partial charge in [0.25, 0.3) is 0 Å². The van der Waals surface area contributed by atoms with Crippen LogP contribution in [0.2, 0.25) is 0 Å². The van der Waals surface area contributed by atoms with E-state index in [1.807, 2.05) is 57.6 Å². The first-order valence-electron chi connectivity index (χ1n) is 22.1. The maximum Gasteiger partial charge on any atom is 0.472 e. The topological polar surface area (TPSA) is 129 Å². The monoisotopic (exact) mass is 847 g/mol. The molecule has 0 fully saturated rings. The quantitative estimate of drug-likeness (QED) is 0.0156. The highest BCUT2D eigenvalue weighted by Crippen LogP contribution is 2.43. The number of ether oxygens (including phenoxy) is 2. The molecule has 0 saturated heterocycles. The summed E-state index contributed by atoms with van der Waals surface area (Å²) in [4.78, 5) is 35.4. The molecule has 0 spiro atoms. The van der Waals surface area contributed by atoms with E-state index < -0.39 is 38.6 Å². The summed E-state index contributed by atoms with van der Waals surface area (Å²) in [6.07, 6.45) is 47.7. The van der Waals surface area contributed by atoms with Crippen molar-refractivity contribution in [1.82, 2.24) is 0 Å². The Morgan fingerprint density at radius 2 is 1.19 bits per heavy atom. The Morgan fingerprint density at radius 3 is 1.83 bits per heavy atom. The van der Waals surface area contributed by atoms with Crippen LogP contribution in [-0.4, -0.2) is 86.1 Å². The molecule has 336 valence electrons. The molecule has 0 aliphatic heterocycles. The largest absolute Gasteiger partial charge is 0.472 e. The van der Waals surface area contributed by atoms with Crippen molar-refractivity contribution in [2.24, 2.45) is 0 Å². The molecule has 11 heteroatoms. The average Bonchev–Trinajstić information content (AvgIpc) is 3.18. The second-order valence-corrected chi connectivity index (χ2v) is 17.0. The van der Waals surface area contributed by atoms with E-state index in [1.54, 1.807) is 6.08 Å². The number of nitrogens with zero attached hydrogens (tertiary/aromatic N) is 1. The van der Waals surface area contributed by atoms with Crippen LogP contribution >= 0.6 is 7.82 Å². The van der Waals surface area contributed by atoms with Crippen LogP contribution in [0.4, 0.5) is 0 Å². The van der Waals surface area contributed by atoms with Gasteiger partial charge in [-0.25, -0.2) is 4.57 Å². The van der Waals surface area contributed by atoms with Crippen LogP contribution < -0.4 is 0 Å². The minimum absolute atomic E-state index is 0.000108. The number of allylic oxidation sites excluding steroid dienone is 14. The van der Waals surface area contributed by atoms with Gasteiger partial charge in [0.15, 0.2) is 6.10 Å². The Hall–Kier alpha value is -3.11. The van der Waals surface area contributed by atoms with Crippen molar-refractivity contribution in [3.05, 3.63) is 97.2 Å². The Morgan fingerprint density at radius 1 is 0.627 bits per heavy atom. The second kappa shape index (κ2) is 39.1. The van der Waals surface area contributed by atoms with Gasteiger partial charge in [0.2, 0.25) is 0 Å². The lowest BCUT2D eigenvalue weighted by atomic mass is 10.1. The normalized spacial score (nSPS) is 15.0. The smallest absolute Gasteiger partial charge is 0.462 e. The van der Waals surface area contributed by atoms with E-state index in [-0.39, 0.29) is 26.1 Å². The summed E-state index contributed by atoms with van der Waals surface area (Å²) < 4.78 is 34.2. The van der Waals surface area contributed by atoms with Crippen LogP contribution in [0.25, 0.3) is 0 Å². The van der Waals surface area contributed by atoms with E-state index in [1.165, 1.54) is 19.3 Å². The summed E-state index contributed by atoms with van der Waals surface area (Å²) in [6, 6.07) is 0. The molecule has 0 radical (unpaired) electrons. The molecule has 0 bridgehead atoms. The fourth-order valence-corrected chi connectivity index (χ4v) is 5.93. The van der Waals surface area contributed by atoms with Gasteiger partial charge in [-0.15, -0.1) is 0 Å². The number of esters is 2. The molecule has 0 aliphatic carbocycles. The minimum Gasteiger partial charge on any atom is -0.462 e. The fourth-order valence-electron chi connectivity index (χ4n) is 5.19. The van der Waals surface area contributed by atoms with Crippen molar-refractivity contribution in [3.63, 3.8) is 0 Å². The first-order chi connectivity index (χ1) is 28.4. The lowest BCUT2D eigenvalue weighted by molar-refractivity contribution is -0.870. The van der Waals surface area contributed by atoms with Crippen molar-refractivity contribution in [3.8, 4) is 0 Å². The molecule has 0 aliphatic rings. The molecule has 0 aromatic carbocycles. The average molecular weight is 847 g/mol. The van der Waals surface area contributed by atoms with Gasteiger partial charge < -0.3 is 24.0 Å². The van der Waals surface area contributed by atoms with Gasteiger partial charge in [0.1, 0.15) is 19.8 Å². The fraction of sp³-hybridized carbons (Fsp3) is 0.625. The predicted octanol–water partition coefficient (Wildman–Crippen LogP) is 11.5. The van der Waals surface area contributed by atoms with Gasteiger partial charge in [-0.05, 0) is 83.5 Å². The zero-order chi connectivity index (χ0) is 43.7. The standard InChI is InChI=1S/C48H80NO9P/c1-6-8-10-12-14-15-16-17-18-19-20-21-22-23-27-31-35-39-47(51)55-43-46(44-57-59(53,54)56-42-41-49(3,4)5)58-48(52)40-36-32-28-24-26-30-34-38-45(50)37-33-29-25-13-11-9-7-2/h8,10,14-15,17-18,20-21,24-25,28-30,33-34,37,45-46,50H,6-7,9,11-13,16,19,22-23,26-27,31-32,35-36,38-44H2,1-5H3/p+1/b10-8-,15-14-,18-17-,21-20-,28-24+,29-25-,34-30-,37-33-/t45-,46+/m0/s1. The zero-order valence-corrected chi connectivity index (χ0v) is 38.2. The van der Waals surface area contributed by atoms with Gasteiger partial charge in [-0.3, -0.25) is 18.6 Å². The van der Waals surface area contributed by atoms with Crippen LogP contribution in [0.3, 0.4) is 0 Å². The molecule has 1 unspecified atom stereocenters. The maximum absolute atomic E-state index is 12.7. The van der Waals surface area contributed by atoms with Gasteiger partial charge in [0, 0.05) is 12.8 Å². The lowest BCUT2D eigenvalue weighted by Gasteiger charge is -2.24. The molecule has 0 aromatic heterocycles. The minimum atomic E-state index is -4.42. The summed E-state index contributed by atoms with van der Waals surface area (Å²) in [6.45, 7) is 4.06. The molecule has 0 aromatic rings. The van der Waals surface area contributed by atoms with Crippen LogP contribution in [0.15, 0.2) is 97.2 Å². The Bertz CT molecular complexity index is 1340. The number of hydrogen-bond acceptors (Lipinski definition) is 8. The van der Waals surface area contributed by atoms with Crippen LogP contribution in [0, 0.1) is 0 Å². The third-order valence-corrected chi connectivity index (χ3v) is 9.66. The molecule has 2 N–H and O–H groups in total. The lowest BCUT2D eigenvalue weighted by Crippen LogP contribution is -2.37. The van der Waals surface area contributed by atoms with Crippen molar-refractivity contribution in [2.75, 3.05) is 47.5 Å². The highest BCUT2D eigenvalue weighted by Gasteiger charge is 2.27. The molecule has 0 amide bonds. The van der Waals surface area contributed by atoms with E-state index in [4.69, 9.17) is 18.5 Å². The molecule has 59 heavy (non-hydrogen) atoms. The summed E-state index contributed by atoms with van der Waals surface area (Å²) in [5.41, 5.74) is 0. The number of likely N-dealkylation sites (N-methyl/N-ethyl adjacent to an activating group) is 1. The van der Waals surface area contributed by atoms with Gasteiger partial charge in [0.05, 0.1) is 33.9 Å². The third-order valence-electron chi connectivity index (χ3n) is 8.68. The summed E-state index contributed by atoms with van der Waals surface area (Å²) in [7, 11) is 1.37. The molecule has 10 nitrogen and oxygen atoms in total. The highest BCUT2D eigenvalue weighted by atomic mass is 31.2. The number of unbranched alkanes of at least 4 members (excludes halogenated alkanes) is 8. The molecule has 0 rings (SSSR count). The Labute approximate surface area is 358 Å². The number of aliphatic hydroxyl groups excluding tert-OH is 1. The molecular weight excluding hydrogens is 765 g/mol. The molecule has 0 saturated carbocycles. The second-order valence-electron chi connectivity index (χ2n) is 15.5. The van der Waals surface area contributed by atoms with Crippen molar-refractivity contribution in [1.29, 1.82) is 0 Å². The zero-order valence-electron chi connectivity index (χ0n) is 37.3. The molecule has 3 atom stereocenters. The van der Waals surface area contributed by atoms with E-state index in [0.29, 0.717) is 43.1 Å². The van der Waals surface area contributed by atoms with E-state index in [9.17, 15) is 24.2 Å². The number of phosphoric ester groups is 1. The number of quaternary nitrogens is 1. The maximum atomic E-state index is 12.7. The number of hydrogen-bond donors (Lipinski definition) is 2. The van der Waals surface area contributed by atoms with Crippen LogP contribution in [0.5, 0.6) is 0 Å². The molecular formula is C48H81NO9P+. The predicted molar refractivity (Wildman–Crippen MR) is 244 cm³/mol. The number of rotatable bonds is 38.